The van der Waals surface area contributed by atoms with E-state index in [9.17, 15) is 0 Å². The van der Waals surface area contributed by atoms with E-state index in [0.29, 0.717) is 19.2 Å². The second-order valence-corrected chi connectivity index (χ2v) is 4.81. The number of rotatable bonds is 5. The van der Waals surface area contributed by atoms with Crippen molar-refractivity contribution in [3.8, 4) is 11.5 Å². The maximum atomic E-state index is 9.06. The molecule has 1 aliphatic rings. The molecule has 0 fully saturated rings. The number of aliphatic hydroxyl groups excluding tert-OH is 1. The van der Waals surface area contributed by atoms with E-state index in [-0.39, 0.29) is 12.7 Å². The summed E-state index contributed by atoms with van der Waals surface area (Å²) in [7, 11) is 0. The Bertz CT molecular complexity index is 381. The quantitative estimate of drug-likeness (QED) is 0.861. The van der Waals surface area contributed by atoms with E-state index in [1.807, 2.05) is 24.3 Å². The second kappa shape index (κ2) is 6.07. The van der Waals surface area contributed by atoms with Crippen molar-refractivity contribution in [2.45, 2.75) is 26.0 Å². The standard InChI is InChI=1S/C14H21NO3/c1-11(2)15(7-8-16)9-12-10-17-13-5-3-4-6-14(13)18-12/h3-6,11-12,16H,7-10H2,1-2H3/t12-/m1/s1. The van der Waals surface area contributed by atoms with Gasteiger partial charge < -0.3 is 14.6 Å². The molecule has 0 spiro atoms. The molecule has 4 heteroatoms. The zero-order valence-corrected chi connectivity index (χ0v) is 11.0. The van der Waals surface area contributed by atoms with Gasteiger partial charge in [0, 0.05) is 19.1 Å². The molecule has 0 aromatic heterocycles. The fourth-order valence-electron chi connectivity index (χ4n) is 2.10. The van der Waals surface area contributed by atoms with Crippen LogP contribution in [0.3, 0.4) is 0 Å². The van der Waals surface area contributed by atoms with Gasteiger partial charge in [-0.05, 0) is 26.0 Å². The van der Waals surface area contributed by atoms with Gasteiger partial charge in [0.05, 0.1) is 6.61 Å². The number of aliphatic hydroxyl groups is 1. The third-order valence-electron chi connectivity index (χ3n) is 3.12. The van der Waals surface area contributed by atoms with Gasteiger partial charge in [-0.25, -0.2) is 0 Å². The Balaban J connectivity index is 1.96. The lowest BCUT2D eigenvalue weighted by atomic mass is 10.2. The van der Waals surface area contributed by atoms with Crippen molar-refractivity contribution in [2.24, 2.45) is 0 Å². The van der Waals surface area contributed by atoms with Gasteiger partial charge in [-0.3, -0.25) is 4.90 Å². The Morgan fingerprint density at radius 2 is 2.06 bits per heavy atom. The van der Waals surface area contributed by atoms with Crippen LogP contribution >= 0.6 is 0 Å². The summed E-state index contributed by atoms with van der Waals surface area (Å²) in [5.74, 6) is 1.62. The SMILES string of the molecule is CC(C)N(CCO)C[C@@H]1COc2ccccc2O1. The molecule has 18 heavy (non-hydrogen) atoms. The summed E-state index contributed by atoms with van der Waals surface area (Å²) in [4.78, 5) is 2.20. The highest BCUT2D eigenvalue weighted by atomic mass is 16.6. The number of nitrogens with zero attached hydrogens (tertiary/aromatic N) is 1. The lowest BCUT2D eigenvalue weighted by molar-refractivity contribution is 0.0436. The molecule has 100 valence electrons. The first-order chi connectivity index (χ1) is 8.70. The molecule has 1 atom stereocenters. The van der Waals surface area contributed by atoms with E-state index >= 15 is 0 Å². The number of para-hydroxylation sites is 2. The first-order valence-electron chi connectivity index (χ1n) is 6.44. The Hall–Kier alpha value is -1.26. The normalized spacial score (nSPS) is 18.4. The van der Waals surface area contributed by atoms with E-state index in [1.165, 1.54) is 0 Å². The van der Waals surface area contributed by atoms with Gasteiger partial charge >= 0.3 is 0 Å². The van der Waals surface area contributed by atoms with Crippen LogP contribution in [0.4, 0.5) is 0 Å². The average Bonchev–Trinajstić information content (AvgIpc) is 2.38. The largest absolute Gasteiger partial charge is 0.486 e. The summed E-state index contributed by atoms with van der Waals surface area (Å²) in [6.45, 7) is 6.40. The van der Waals surface area contributed by atoms with Gasteiger partial charge in [0.15, 0.2) is 11.5 Å². The van der Waals surface area contributed by atoms with Crippen LogP contribution in [0.25, 0.3) is 0 Å². The van der Waals surface area contributed by atoms with Gasteiger partial charge in [0.25, 0.3) is 0 Å². The number of benzene rings is 1. The second-order valence-electron chi connectivity index (χ2n) is 4.81. The van der Waals surface area contributed by atoms with Crippen LogP contribution in [-0.2, 0) is 0 Å². The third-order valence-corrected chi connectivity index (χ3v) is 3.12. The molecule has 0 radical (unpaired) electrons. The van der Waals surface area contributed by atoms with Crippen LogP contribution < -0.4 is 9.47 Å². The van der Waals surface area contributed by atoms with Crippen molar-refractivity contribution in [3.63, 3.8) is 0 Å². The predicted octanol–water partition coefficient (Wildman–Crippen LogP) is 1.53. The van der Waals surface area contributed by atoms with E-state index in [4.69, 9.17) is 14.6 Å². The smallest absolute Gasteiger partial charge is 0.161 e. The minimum absolute atomic E-state index is 0.0221. The van der Waals surface area contributed by atoms with Gasteiger partial charge in [0.1, 0.15) is 12.7 Å². The lowest BCUT2D eigenvalue weighted by Crippen LogP contribution is -2.44. The fourth-order valence-corrected chi connectivity index (χ4v) is 2.10. The van der Waals surface area contributed by atoms with Crippen LogP contribution in [0, 0.1) is 0 Å². The minimum Gasteiger partial charge on any atom is -0.486 e. The fraction of sp³-hybridized carbons (Fsp3) is 0.571. The third kappa shape index (κ3) is 3.15. The van der Waals surface area contributed by atoms with Crippen molar-refractivity contribution in [2.75, 3.05) is 26.3 Å². The predicted molar refractivity (Wildman–Crippen MR) is 70.1 cm³/mol. The van der Waals surface area contributed by atoms with Gasteiger partial charge in [-0.2, -0.15) is 0 Å². The molecule has 1 aliphatic heterocycles. The van der Waals surface area contributed by atoms with Crippen LogP contribution in [0.1, 0.15) is 13.8 Å². The van der Waals surface area contributed by atoms with Gasteiger partial charge in [-0.1, -0.05) is 12.1 Å². The number of ether oxygens (including phenoxy) is 2. The summed E-state index contributed by atoms with van der Waals surface area (Å²) in [5.41, 5.74) is 0. The van der Waals surface area contributed by atoms with Crippen molar-refractivity contribution in [3.05, 3.63) is 24.3 Å². The highest BCUT2D eigenvalue weighted by Crippen LogP contribution is 2.31. The molecule has 1 N–H and O–H groups in total. The van der Waals surface area contributed by atoms with Crippen molar-refractivity contribution in [1.29, 1.82) is 0 Å². The van der Waals surface area contributed by atoms with Gasteiger partial charge in [-0.15, -0.1) is 0 Å². The Morgan fingerprint density at radius 3 is 2.72 bits per heavy atom. The molecular weight excluding hydrogens is 230 g/mol. The van der Waals surface area contributed by atoms with E-state index in [0.717, 1.165) is 18.0 Å². The number of hydrogen-bond donors (Lipinski definition) is 1. The average molecular weight is 251 g/mol. The molecule has 2 rings (SSSR count). The summed E-state index contributed by atoms with van der Waals surface area (Å²) in [5, 5.41) is 9.06. The molecule has 4 nitrogen and oxygen atoms in total. The lowest BCUT2D eigenvalue weighted by Gasteiger charge is -2.33. The van der Waals surface area contributed by atoms with Crippen LogP contribution in [0.2, 0.25) is 0 Å². The molecule has 0 unspecified atom stereocenters. The van der Waals surface area contributed by atoms with E-state index < -0.39 is 0 Å². The van der Waals surface area contributed by atoms with Crippen molar-refractivity contribution < 1.29 is 14.6 Å². The summed E-state index contributed by atoms with van der Waals surface area (Å²) >= 11 is 0. The summed E-state index contributed by atoms with van der Waals surface area (Å²) in [6.07, 6.45) is 0.0221. The maximum absolute atomic E-state index is 9.06. The summed E-state index contributed by atoms with van der Waals surface area (Å²) < 4.78 is 11.6. The summed E-state index contributed by atoms with van der Waals surface area (Å²) in [6, 6.07) is 8.11. The number of fused-ring (bicyclic) bond motifs is 1. The van der Waals surface area contributed by atoms with E-state index in [2.05, 4.69) is 18.7 Å². The first kappa shape index (κ1) is 13.2. The van der Waals surface area contributed by atoms with E-state index in [1.54, 1.807) is 0 Å². The zero-order chi connectivity index (χ0) is 13.0. The molecule has 1 aromatic carbocycles. The first-order valence-corrected chi connectivity index (χ1v) is 6.44. The molecule has 0 amide bonds. The van der Waals surface area contributed by atoms with Crippen LogP contribution in [-0.4, -0.2) is 48.5 Å². The zero-order valence-electron chi connectivity index (χ0n) is 11.0. The molecular formula is C14H21NO3. The Morgan fingerprint density at radius 1 is 1.33 bits per heavy atom. The highest BCUT2D eigenvalue weighted by molar-refractivity contribution is 5.40. The van der Waals surface area contributed by atoms with Gasteiger partial charge in [0.2, 0.25) is 0 Å². The maximum Gasteiger partial charge on any atom is 0.161 e. The Labute approximate surface area is 108 Å². The molecule has 0 saturated carbocycles. The minimum atomic E-state index is 0.0221. The molecule has 0 saturated heterocycles. The van der Waals surface area contributed by atoms with Crippen molar-refractivity contribution in [1.82, 2.24) is 4.90 Å². The van der Waals surface area contributed by atoms with Crippen LogP contribution in [0.5, 0.6) is 11.5 Å². The monoisotopic (exact) mass is 251 g/mol. The molecule has 0 aliphatic carbocycles. The Kier molecular flexibility index (Phi) is 4.44. The van der Waals surface area contributed by atoms with Crippen LogP contribution in [0.15, 0.2) is 24.3 Å². The highest BCUT2D eigenvalue weighted by Gasteiger charge is 2.23. The molecule has 0 bridgehead atoms. The van der Waals surface area contributed by atoms with Crippen molar-refractivity contribution >= 4 is 0 Å². The topological polar surface area (TPSA) is 41.9 Å². The number of hydrogen-bond acceptors (Lipinski definition) is 4. The molecule has 1 heterocycles. The molecule has 1 aromatic rings.